The van der Waals surface area contributed by atoms with E-state index >= 15 is 0 Å². The molecule has 1 atom stereocenters. The molecule has 0 radical (unpaired) electrons. The number of aliphatic hydroxyl groups is 1. The summed E-state index contributed by atoms with van der Waals surface area (Å²) in [5.41, 5.74) is 4.71. The number of nitrogens with zero attached hydrogens (tertiary/aromatic N) is 3. The molecule has 2 N–H and O–H groups in total. The van der Waals surface area contributed by atoms with Crippen molar-refractivity contribution < 1.29 is 19.0 Å². The summed E-state index contributed by atoms with van der Waals surface area (Å²) in [6.45, 7) is 4.56. The highest BCUT2D eigenvalue weighted by Crippen LogP contribution is 2.33. The van der Waals surface area contributed by atoms with Crippen LogP contribution in [0, 0.1) is 11.7 Å². The number of ether oxygens (including phenoxy) is 1. The molecule has 0 fully saturated rings. The van der Waals surface area contributed by atoms with Crippen molar-refractivity contribution in [2.24, 2.45) is 5.92 Å². The topological polar surface area (TPSA) is 93.0 Å². The number of H-pyrrole nitrogens is 1. The largest absolute Gasteiger partial charge is 0.493 e. The first-order chi connectivity index (χ1) is 16.0. The van der Waals surface area contributed by atoms with Gasteiger partial charge in [0, 0.05) is 17.1 Å². The molecule has 170 valence electrons. The lowest BCUT2D eigenvalue weighted by atomic mass is 9.90. The van der Waals surface area contributed by atoms with E-state index < -0.39 is 5.92 Å². The average molecular weight is 448 g/mol. The number of benzene rings is 2. The Morgan fingerprint density at radius 1 is 1.30 bits per heavy atom. The van der Waals surface area contributed by atoms with E-state index in [1.54, 1.807) is 10.7 Å². The zero-order valence-corrected chi connectivity index (χ0v) is 18.5. The number of carbonyl (C=O) groups is 1. The number of aromatic nitrogens is 4. The second kappa shape index (κ2) is 8.44. The molecular weight excluding hydrogens is 423 g/mol. The van der Waals surface area contributed by atoms with Crippen LogP contribution in [0.25, 0.3) is 22.0 Å². The number of hydrogen-bond donors (Lipinski definition) is 2. The van der Waals surface area contributed by atoms with Crippen LogP contribution in [-0.2, 0) is 13.0 Å². The van der Waals surface area contributed by atoms with E-state index in [0.717, 1.165) is 27.7 Å². The molecule has 1 aliphatic heterocycles. The number of aromatic amines is 1. The molecule has 1 unspecified atom stereocenters. The highest BCUT2D eigenvalue weighted by Gasteiger charge is 2.30. The van der Waals surface area contributed by atoms with Crippen LogP contribution in [0.15, 0.2) is 42.6 Å². The Balaban J connectivity index is 1.53. The fourth-order valence-corrected chi connectivity index (χ4v) is 4.49. The van der Waals surface area contributed by atoms with Crippen LogP contribution < -0.4 is 4.74 Å². The molecule has 33 heavy (non-hydrogen) atoms. The third-order valence-electron chi connectivity index (χ3n) is 6.12. The quantitative estimate of drug-likeness (QED) is 0.433. The Morgan fingerprint density at radius 2 is 2.15 bits per heavy atom. The maximum Gasteiger partial charge on any atom is 0.190 e. The summed E-state index contributed by atoms with van der Waals surface area (Å²) in [4.78, 5) is 13.5. The van der Waals surface area contributed by atoms with Crippen LogP contribution in [0.4, 0.5) is 4.39 Å². The molecule has 0 aliphatic carbocycles. The number of carbonyl (C=O) groups excluding carboxylic acids is 1. The van der Waals surface area contributed by atoms with E-state index in [-0.39, 0.29) is 37.3 Å². The molecule has 4 aromatic rings. The lowest BCUT2D eigenvalue weighted by Gasteiger charge is -2.23. The number of hydrogen-bond acceptors (Lipinski definition) is 5. The van der Waals surface area contributed by atoms with Gasteiger partial charge in [-0.1, -0.05) is 19.9 Å². The molecule has 8 heteroatoms. The fraction of sp³-hybridized carbons (Fsp3) is 0.320. The highest BCUT2D eigenvalue weighted by molar-refractivity contribution is 6.08. The summed E-state index contributed by atoms with van der Waals surface area (Å²) in [7, 11) is 0. The molecule has 0 amide bonds. The minimum Gasteiger partial charge on any atom is -0.493 e. The number of aliphatic hydroxyl groups excluding tert-OH is 1. The van der Waals surface area contributed by atoms with E-state index in [1.807, 2.05) is 24.4 Å². The fourth-order valence-electron chi connectivity index (χ4n) is 4.49. The van der Waals surface area contributed by atoms with E-state index in [4.69, 9.17) is 4.74 Å². The molecule has 1 aliphatic rings. The van der Waals surface area contributed by atoms with Crippen LogP contribution in [0.1, 0.15) is 41.5 Å². The van der Waals surface area contributed by atoms with E-state index in [1.165, 1.54) is 12.1 Å². The predicted molar refractivity (Wildman–Crippen MR) is 122 cm³/mol. The van der Waals surface area contributed by atoms with Crippen molar-refractivity contribution in [1.82, 2.24) is 20.0 Å². The molecule has 7 nitrogen and oxygen atoms in total. The van der Waals surface area contributed by atoms with Crippen molar-refractivity contribution in [2.75, 3.05) is 13.2 Å². The number of halogens is 1. The van der Waals surface area contributed by atoms with Gasteiger partial charge in [0.05, 0.1) is 36.9 Å². The maximum atomic E-state index is 13.7. The number of Topliss-reactive ketones (excluding diaryl/α,β-unsaturated/α-hetero) is 1. The van der Waals surface area contributed by atoms with Gasteiger partial charge in [0.25, 0.3) is 0 Å². The smallest absolute Gasteiger partial charge is 0.190 e. The minimum atomic E-state index is -0.457. The van der Waals surface area contributed by atoms with Gasteiger partial charge in [0.15, 0.2) is 5.78 Å². The van der Waals surface area contributed by atoms with Crippen molar-refractivity contribution in [2.45, 2.75) is 32.7 Å². The molecule has 2 aromatic heterocycles. The second-order valence-electron chi connectivity index (χ2n) is 8.69. The Morgan fingerprint density at radius 3 is 2.94 bits per heavy atom. The van der Waals surface area contributed by atoms with Gasteiger partial charge in [-0.25, -0.2) is 4.39 Å². The van der Waals surface area contributed by atoms with Crippen LogP contribution in [0.3, 0.4) is 0 Å². The molecule has 2 aromatic carbocycles. The molecule has 0 bridgehead atoms. The highest BCUT2D eigenvalue weighted by atomic mass is 19.1. The van der Waals surface area contributed by atoms with Gasteiger partial charge in [-0.3, -0.25) is 14.6 Å². The first kappa shape index (κ1) is 21.3. The number of fused-ring (bicyclic) bond motifs is 2. The summed E-state index contributed by atoms with van der Waals surface area (Å²) in [6.07, 6.45) is 2.26. The summed E-state index contributed by atoms with van der Waals surface area (Å²) < 4.78 is 21.1. The minimum absolute atomic E-state index is 0.100. The lowest BCUT2D eigenvalue weighted by molar-refractivity contribution is 0.0850. The summed E-state index contributed by atoms with van der Waals surface area (Å²) in [5.74, 6) is -0.0930. The van der Waals surface area contributed by atoms with Gasteiger partial charge in [-0.2, -0.15) is 10.2 Å². The van der Waals surface area contributed by atoms with Crippen molar-refractivity contribution in [3.8, 4) is 16.9 Å². The van der Waals surface area contributed by atoms with Crippen LogP contribution in [-0.4, -0.2) is 44.1 Å². The molecule has 3 heterocycles. The van der Waals surface area contributed by atoms with E-state index in [0.29, 0.717) is 23.4 Å². The van der Waals surface area contributed by atoms with E-state index in [2.05, 4.69) is 29.1 Å². The Bertz CT molecular complexity index is 1340. The van der Waals surface area contributed by atoms with Gasteiger partial charge < -0.3 is 9.84 Å². The number of ketones is 1. The Hall–Kier alpha value is -3.52. The number of nitrogens with one attached hydrogen (secondary N) is 1. The van der Waals surface area contributed by atoms with Crippen LogP contribution in [0.5, 0.6) is 5.75 Å². The summed E-state index contributed by atoms with van der Waals surface area (Å²) >= 11 is 0. The standard InChI is InChI=1S/C25H25FN4O3/c1-14(2)23-20(12-27-28-23)15-3-5-19-21(11-15)30(7-8-31)29-24(19)25(32)17-9-16-10-18(26)4-6-22(16)33-13-17/h3-6,10-12,14,17,31H,7-9,13H2,1-2H3,(H,27,28). The van der Waals surface area contributed by atoms with Crippen molar-refractivity contribution >= 4 is 16.7 Å². The summed E-state index contributed by atoms with van der Waals surface area (Å²) in [6, 6.07) is 10.2. The average Bonchev–Trinajstić information content (AvgIpc) is 3.44. The SMILES string of the molecule is CC(C)c1n[nH]cc1-c1ccc2c(C(=O)C3COc4ccc(F)cc4C3)nn(CCO)c2c1. The molecule has 5 rings (SSSR count). The van der Waals surface area contributed by atoms with Crippen LogP contribution in [0.2, 0.25) is 0 Å². The third-order valence-corrected chi connectivity index (χ3v) is 6.12. The third kappa shape index (κ3) is 3.80. The van der Waals surface area contributed by atoms with Gasteiger partial charge >= 0.3 is 0 Å². The zero-order valence-electron chi connectivity index (χ0n) is 18.5. The second-order valence-corrected chi connectivity index (χ2v) is 8.69. The first-order valence-corrected chi connectivity index (χ1v) is 11.1. The Kier molecular flexibility index (Phi) is 5.46. The van der Waals surface area contributed by atoms with Crippen molar-refractivity contribution in [1.29, 1.82) is 0 Å². The number of rotatable bonds is 6. The van der Waals surface area contributed by atoms with Gasteiger partial charge in [-0.05, 0) is 53.8 Å². The molecule has 0 saturated carbocycles. The first-order valence-electron chi connectivity index (χ1n) is 11.1. The van der Waals surface area contributed by atoms with E-state index in [9.17, 15) is 14.3 Å². The molecular formula is C25H25FN4O3. The monoisotopic (exact) mass is 448 g/mol. The van der Waals surface area contributed by atoms with Gasteiger partial charge in [-0.15, -0.1) is 0 Å². The van der Waals surface area contributed by atoms with Crippen molar-refractivity contribution in [3.63, 3.8) is 0 Å². The van der Waals surface area contributed by atoms with Gasteiger partial charge in [0.1, 0.15) is 17.3 Å². The molecule has 0 saturated heterocycles. The van der Waals surface area contributed by atoms with Crippen LogP contribution >= 0.6 is 0 Å². The summed E-state index contributed by atoms with van der Waals surface area (Å²) in [5, 5.41) is 22.2. The lowest BCUT2D eigenvalue weighted by Crippen LogP contribution is -2.29. The molecule has 0 spiro atoms. The predicted octanol–water partition coefficient (Wildman–Crippen LogP) is 4.12. The van der Waals surface area contributed by atoms with Gasteiger partial charge in [0.2, 0.25) is 0 Å². The van der Waals surface area contributed by atoms with Crippen molar-refractivity contribution in [3.05, 3.63) is 65.4 Å². The Labute approximate surface area is 190 Å². The normalized spacial score (nSPS) is 15.6. The maximum absolute atomic E-state index is 13.7. The zero-order chi connectivity index (χ0) is 23.1.